The zero-order valence-corrected chi connectivity index (χ0v) is 12.9. The van der Waals surface area contributed by atoms with E-state index < -0.39 is 11.6 Å². The Morgan fingerprint density at radius 3 is 2.62 bits per heavy atom. The van der Waals surface area contributed by atoms with E-state index in [-0.39, 0.29) is 16.9 Å². The van der Waals surface area contributed by atoms with Gasteiger partial charge in [0, 0.05) is 18.7 Å². The smallest absolute Gasteiger partial charge is 0.201 e. The molecule has 0 aliphatic rings. The van der Waals surface area contributed by atoms with Gasteiger partial charge in [0.15, 0.2) is 5.82 Å². The number of unbranched alkanes of at least 4 members (excludes halogenated alkanes) is 2. The van der Waals surface area contributed by atoms with Crippen LogP contribution < -0.4 is 5.73 Å². The van der Waals surface area contributed by atoms with Crippen LogP contribution in [0.4, 0.5) is 14.7 Å². The second kappa shape index (κ2) is 6.00. The highest BCUT2D eigenvalue weighted by Crippen LogP contribution is 2.30. The van der Waals surface area contributed by atoms with Crippen LogP contribution in [-0.4, -0.2) is 9.55 Å². The summed E-state index contributed by atoms with van der Waals surface area (Å²) < 4.78 is 28.9. The summed E-state index contributed by atoms with van der Waals surface area (Å²) in [6, 6.07) is 2.13. The van der Waals surface area contributed by atoms with Crippen molar-refractivity contribution >= 4 is 17.0 Å². The number of nitrogens with two attached hydrogens (primary N) is 1. The second-order valence-electron chi connectivity index (χ2n) is 6.43. The predicted molar refractivity (Wildman–Crippen MR) is 82.0 cm³/mol. The van der Waals surface area contributed by atoms with E-state index in [0.29, 0.717) is 12.1 Å². The molecule has 1 aromatic carbocycles. The first-order valence-corrected chi connectivity index (χ1v) is 7.45. The Morgan fingerprint density at radius 1 is 1.24 bits per heavy atom. The molecule has 1 aromatic heterocycles. The fourth-order valence-electron chi connectivity index (χ4n) is 2.69. The van der Waals surface area contributed by atoms with Crippen LogP contribution in [0.2, 0.25) is 0 Å². The lowest BCUT2D eigenvalue weighted by atomic mass is 9.86. The van der Waals surface area contributed by atoms with Crippen molar-refractivity contribution in [2.75, 3.05) is 5.73 Å². The molecule has 3 nitrogen and oxygen atoms in total. The summed E-state index contributed by atoms with van der Waals surface area (Å²) in [5.74, 6) is -1.04. The predicted octanol–water partition coefficient (Wildman–Crippen LogP) is 4.50. The molecule has 2 N–H and O–H groups in total. The maximum Gasteiger partial charge on any atom is 0.201 e. The molecule has 2 aromatic rings. The maximum absolute atomic E-state index is 13.8. The van der Waals surface area contributed by atoms with E-state index in [2.05, 4.69) is 25.8 Å². The van der Waals surface area contributed by atoms with Gasteiger partial charge in [-0.3, -0.25) is 0 Å². The molecule has 0 saturated heterocycles. The maximum atomic E-state index is 13.8. The molecule has 0 radical (unpaired) electrons. The van der Waals surface area contributed by atoms with Crippen LogP contribution in [0.5, 0.6) is 0 Å². The van der Waals surface area contributed by atoms with Crippen molar-refractivity contribution in [3.05, 3.63) is 23.8 Å². The number of nitrogens with zero attached hydrogens (tertiary/aromatic N) is 2. The van der Waals surface area contributed by atoms with Crippen molar-refractivity contribution < 1.29 is 8.78 Å². The summed E-state index contributed by atoms with van der Waals surface area (Å²) in [5.41, 5.74) is 6.46. The monoisotopic (exact) mass is 295 g/mol. The van der Waals surface area contributed by atoms with Gasteiger partial charge < -0.3 is 10.3 Å². The molecule has 21 heavy (non-hydrogen) atoms. The van der Waals surface area contributed by atoms with Crippen molar-refractivity contribution in [1.82, 2.24) is 9.55 Å². The quantitative estimate of drug-likeness (QED) is 0.797. The Balaban J connectivity index is 2.31. The zero-order valence-electron chi connectivity index (χ0n) is 12.9. The number of nitrogen functional groups attached to an aromatic ring is 1. The fraction of sp³-hybridized carbons (Fsp3) is 0.562. The van der Waals surface area contributed by atoms with Crippen molar-refractivity contribution in [3.63, 3.8) is 0 Å². The molecule has 0 atom stereocenters. The van der Waals surface area contributed by atoms with Gasteiger partial charge in [0.05, 0.1) is 5.52 Å². The van der Waals surface area contributed by atoms with Gasteiger partial charge in [-0.2, -0.15) is 0 Å². The lowest BCUT2D eigenvalue weighted by Crippen LogP contribution is -2.21. The zero-order chi connectivity index (χ0) is 15.6. The summed E-state index contributed by atoms with van der Waals surface area (Å²) >= 11 is 0. The minimum atomic E-state index is -0.667. The highest BCUT2D eigenvalue weighted by Gasteiger charge is 2.22. The molecule has 5 heteroatoms. The molecule has 2 rings (SSSR count). The average molecular weight is 295 g/mol. The van der Waals surface area contributed by atoms with Gasteiger partial charge in [-0.25, -0.2) is 13.8 Å². The molecule has 116 valence electrons. The number of hydrogen-bond acceptors (Lipinski definition) is 2. The molecular formula is C16H23F2N3. The van der Waals surface area contributed by atoms with Gasteiger partial charge in [-0.15, -0.1) is 0 Å². The molecule has 0 bridgehead atoms. The first-order valence-electron chi connectivity index (χ1n) is 7.45. The Kier molecular flexibility index (Phi) is 4.49. The summed E-state index contributed by atoms with van der Waals surface area (Å²) in [4.78, 5) is 4.03. The standard InChI is InChI=1S/C16H23F2N3/c1-4-5-6-7-16(2,3)10-21-13-9-11(17)8-12(18)14(13)20-15(21)19/h8-9H,4-7,10H2,1-3H3,(H2,19,20). The van der Waals surface area contributed by atoms with E-state index in [1.807, 2.05) is 0 Å². The lowest BCUT2D eigenvalue weighted by Gasteiger charge is -2.26. The highest BCUT2D eigenvalue weighted by atomic mass is 19.1. The van der Waals surface area contributed by atoms with Crippen LogP contribution in [0.25, 0.3) is 11.0 Å². The molecule has 0 spiro atoms. The van der Waals surface area contributed by atoms with E-state index in [1.165, 1.54) is 18.9 Å². The van der Waals surface area contributed by atoms with Crippen molar-refractivity contribution in [2.45, 2.75) is 53.0 Å². The van der Waals surface area contributed by atoms with Crippen LogP contribution in [-0.2, 0) is 6.54 Å². The third kappa shape index (κ3) is 3.52. The van der Waals surface area contributed by atoms with Crippen LogP contribution in [0, 0.1) is 17.0 Å². The first-order chi connectivity index (χ1) is 9.84. The van der Waals surface area contributed by atoms with Gasteiger partial charge in [-0.1, -0.05) is 40.0 Å². The van der Waals surface area contributed by atoms with Crippen molar-refractivity contribution in [1.29, 1.82) is 0 Å². The largest absolute Gasteiger partial charge is 0.369 e. The van der Waals surface area contributed by atoms with E-state index in [0.717, 1.165) is 18.9 Å². The number of aromatic nitrogens is 2. The van der Waals surface area contributed by atoms with E-state index in [9.17, 15) is 8.78 Å². The molecule has 0 unspecified atom stereocenters. The van der Waals surface area contributed by atoms with Gasteiger partial charge in [0.2, 0.25) is 5.95 Å². The number of benzene rings is 1. The Bertz CT molecular complexity index is 632. The van der Waals surface area contributed by atoms with Crippen LogP contribution in [0.3, 0.4) is 0 Å². The minimum Gasteiger partial charge on any atom is -0.369 e. The third-order valence-corrected chi connectivity index (χ3v) is 3.85. The van der Waals surface area contributed by atoms with Crippen LogP contribution in [0.15, 0.2) is 12.1 Å². The molecule has 0 aliphatic carbocycles. The van der Waals surface area contributed by atoms with Crippen LogP contribution >= 0.6 is 0 Å². The Morgan fingerprint density at radius 2 is 1.95 bits per heavy atom. The summed E-state index contributed by atoms with van der Waals surface area (Å²) in [6.45, 7) is 7.05. The Hall–Kier alpha value is -1.65. The normalized spacial score (nSPS) is 12.2. The number of halogens is 2. The first kappa shape index (κ1) is 15.7. The van der Waals surface area contributed by atoms with Gasteiger partial charge in [0.25, 0.3) is 0 Å². The van der Waals surface area contributed by atoms with E-state index >= 15 is 0 Å². The average Bonchev–Trinajstić information content (AvgIpc) is 2.67. The van der Waals surface area contributed by atoms with Gasteiger partial charge >= 0.3 is 0 Å². The Labute approximate surface area is 124 Å². The molecule has 0 saturated carbocycles. The van der Waals surface area contributed by atoms with Gasteiger partial charge in [-0.05, 0) is 11.8 Å². The summed E-state index contributed by atoms with van der Waals surface area (Å²) in [6.07, 6.45) is 4.53. The van der Waals surface area contributed by atoms with Crippen molar-refractivity contribution in [2.24, 2.45) is 5.41 Å². The number of anilines is 1. The number of hydrogen-bond donors (Lipinski definition) is 1. The van der Waals surface area contributed by atoms with E-state index in [1.54, 1.807) is 4.57 Å². The van der Waals surface area contributed by atoms with Gasteiger partial charge in [0.1, 0.15) is 11.3 Å². The number of imidazole rings is 1. The number of fused-ring (bicyclic) bond motifs is 1. The topological polar surface area (TPSA) is 43.8 Å². The van der Waals surface area contributed by atoms with E-state index in [4.69, 9.17) is 5.73 Å². The lowest BCUT2D eigenvalue weighted by molar-refractivity contribution is 0.276. The minimum absolute atomic E-state index is 0.000284. The molecular weight excluding hydrogens is 272 g/mol. The summed E-state index contributed by atoms with van der Waals surface area (Å²) in [7, 11) is 0. The summed E-state index contributed by atoms with van der Waals surface area (Å²) in [5, 5.41) is 0. The molecule has 0 aliphatic heterocycles. The van der Waals surface area contributed by atoms with Crippen molar-refractivity contribution in [3.8, 4) is 0 Å². The highest BCUT2D eigenvalue weighted by molar-refractivity contribution is 5.79. The molecule has 0 amide bonds. The number of rotatable bonds is 6. The second-order valence-corrected chi connectivity index (χ2v) is 6.43. The molecule has 0 fully saturated rings. The molecule has 1 heterocycles. The SMILES string of the molecule is CCCCCC(C)(C)Cn1c(N)nc2c(F)cc(F)cc21. The fourth-order valence-corrected chi connectivity index (χ4v) is 2.69. The third-order valence-electron chi connectivity index (χ3n) is 3.85. The van der Waals surface area contributed by atoms with Crippen LogP contribution in [0.1, 0.15) is 46.5 Å².